The molecule has 3 heteroatoms. The van der Waals surface area contributed by atoms with E-state index in [0.717, 1.165) is 29.7 Å². The summed E-state index contributed by atoms with van der Waals surface area (Å²) < 4.78 is 6.52. The van der Waals surface area contributed by atoms with Crippen molar-refractivity contribution in [1.82, 2.24) is 4.98 Å². The maximum atomic E-state index is 12.4. The van der Waals surface area contributed by atoms with Gasteiger partial charge in [-0.1, -0.05) is 42.8 Å². The van der Waals surface area contributed by atoms with Gasteiger partial charge in [-0.2, -0.15) is 0 Å². The number of rotatable bonds is 3. The van der Waals surface area contributed by atoms with Crippen molar-refractivity contribution in [1.29, 1.82) is 0 Å². The molecule has 0 aliphatic carbocycles. The fraction of sp³-hybridized carbons (Fsp3) is 0.292. The van der Waals surface area contributed by atoms with Crippen LogP contribution in [0.25, 0.3) is 11.1 Å². The van der Waals surface area contributed by atoms with Crippen molar-refractivity contribution in [2.75, 3.05) is 0 Å². The van der Waals surface area contributed by atoms with Crippen LogP contribution in [-0.2, 0) is 6.42 Å². The van der Waals surface area contributed by atoms with Gasteiger partial charge in [0.25, 0.3) is 5.56 Å². The third kappa shape index (κ3) is 3.30. The number of ether oxygens (including phenoxy) is 1. The maximum Gasteiger partial charge on any atom is 0.255 e. The van der Waals surface area contributed by atoms with E-state index in [1.165, 1.54) is 16.7 Å². The molecule has 0 spiro atoms. The number of aryl methyl sites for hydroxylation is 2. The Hall–Kier alpha value is -2.81. The van der Waals surface area contributed by atoms with E-state index in [4.69, 9.17) is 4.74 Å². The molecule has 2 heterocycles. The first-order valence-electron chi connectivity index (χ1n) is 9.61. The predicted octanol–water partition coefficient (Wildman–Crippen LogP) is 5.16. The smallest absolute Gasteiger partial charge is 0.255 e. The number of hydrogen-bond donors (Lipinski definition) is 1. The summed E-state index contributed by atoms with van der Waals surface area (Å²) in [5.74, 6) is 1.19. The topological polar surface area (TPSA) is 42.1 Å². The molecule has 0 saturated carbocycles. The largest absolute Gasteiger partial charge is 0.489 e. The van der Waals surface area contributed by atoms with E-state index in [1.807, 2.05) is 12.1 Å². The minimum absolute atomic E-state index is 0.0809. The Kier molecular flexibility index (Phi) is 4.61. The van der Waals surface area contributed by atoms with Crippen LogP contribution >= 0.6 is 0 Å². The molecule has 2 aromatic carbocycles. The number of H-pyrrole nitrogens is 1. The van der Waals surface area contributed by atoms with Gasteiger partial charge < -0.3 is 9.72 Å². The molecule has 27 heavy (non-hydrogen) atoms. The average molecular weight is 359 g/mol. The number of pyridine rings is 1. The number of aromatic nitrogens is 1. The van der Waals surface area contributed by atoms with Gasteiger partial charge >= 0.3 is 0 Å². The quantitative estimate of drug-likeness (QED) is 0.702. The third-order valence-corrected chi connectivity index (χ3v) is 5.48. The van der Waals surface area contributed by atoms with Gasteiger partial charge in [-0.25, -0.2) is 0 Å². The second-order valence-electron chi connectivity index (χ2n) is 7.50. The fourth-order valence-electron chi connectivity index (χ4n) is 4.09. The molecule has 138 valence electrons. The third-order valence-electron chi connectivity index (χ3n) is 5.48. The van der Waals surface area contributed by atoms with Gasteiger partial charge in [-0.3, -0.25) is 4.79 Å². The van der Waals surface area contributed by atoms with E-state index >= 15 is 0 Å². The zero-order valence-corrected chi connectivity index (χ0v) is 16.1. The molecule has 0 fully saturated rings. The van der Waals surface area contributed by atoms with Crippen LogP contribution < -0.4 is 10.3 Å². The van der Waals surface area contributed by atoms with Gasteiger partial charge in [0.15, 0.2) is 0 Å². The maximum absolute atomic E-state index is 12.4. The van der Waals surface area contributed by atoms with E-state index in [2.05, 4.69) is 62.2 Å². The van der Waals surface area contributed by atoms with Gasteiger partial charge in [0.1, 0.15) is 11.9 Å². The molecule has 3 aromatic rings. The van der Waals surface area contributed by atoms with Gasteiger partial charge in [0.2, 0.25) is 0 Å². The summed E-state index contributed by atoms with van der Waals surface area (Å²) >= 11 is 0. The van der Waals surface area contributed by atoms with Crippen LogP contribution in [0, 0.1) is 13.8 Å². The van der Waals surface area contributed by atoms with Crippen molar-refractivity contribution in [3.8, 4) is 16.9 Å². The summed E-state index contributed by atoms with van der Waals surface area (Å²) in [6.45, 7) is 6.36. The number of fused-ring (bicyclic) bond motifs is 1. The van der Waals surface area contributed by atoms with Crippen LogP contribution in [0.4, 0.5) is 0 Å². The SMILES string of the molecule is CCC1Oc2c(cc(C)cc2-c2ccc[nH]c2=O)CC1c1ccc(C)cc1. The zero-order valence-electron chi connectivity index (χ0n) is 16.1. The Bertz CT molecular complexity index is 1020. The van der Waals surface area contributed by atoms with E-state index < -0.39 is 0 Å². The molecule has 0 radical (unpaired) electrons. The molecule has 3 nitrogen and oxygen atoms in total. The van der Waals surface area contributed by atoms with Crippen LogP contribution in [-0.4, -0.2) is 11.1 Å². The molecule has 4 rings (SSSR count). The van der Waals surface area contributed by atoms with E-state index in [-0.39, 0.29) is 11.7 Å². The fourth-order valence-corrected chi connectivity index (χ4v) is 4.09. The number of nitrogens with one attached hydrogen (secondary N) is 1. The summed E-state index contributed by atoms with van der Waals surface area (Å²) in [5, 5.41) is 0. The van der Waals surface area contributed by atoms with Crippen molar-refractivity contribution in [3.63, 3.8) is 0 Å². The van der Waals surface area contributed by atoms with Gasteiger partial charge in [0, 0.05) is 17.7 Å². The van der Waals surface area contributed by atoms with Crippen LogP contribution in [0.3, 0.4) is 0 Å². The lowest BCUT2D eigenvalue weighted by Crippen LogP contribution is -2.31. The second-order valence-corrected chi connectivity index (χ2v) is 7.50. The molecule has 1 N–H and O–H groups in total. The first-order valence-corrected chi connectivity index (χ1v) is 9.61. The summed E-state index contributed by atoms with van der Waals surface area (Å²) in [4.78, 5) is 15.2. The minimum Gasteiger partial charge on any atom is -0.489 e. The molecule has 2 atom stereocenters. The van der Waals surface area contributed by atoms with Gasteiger partial charge in [-0.05, 0) is 61.6 Å². The van der Waals surface area contributed by atoms with Gasteiger partial charge in [-0.15, -0.1) is 0 Å². The predicted molar refractivity (Wildman–Crippen MR) is 110 cm³/mol. The number of benzene rings is 2. The molecule has 0 amide bonds. The standard InChI is InChI=1S/C24H25NO2/c1-4-22-20(17-9-7-15(2)8-10-17)14-18-12-16(3)13-21(23(18)27-22)19-6-5-11-25-24(19)26/h5-13,20,22H,4,14H2,1-3H3,(H,25,26). The molecule has 1 aliphatic rings. The Morgan fingerprint density at radius 2 is 1.81 bits per heavy atom. The van der Waals surface area contributed by atoms with E-state index in [0.29, 0.717) is 11.5 Å². The highest BCUT2D eigenvalue weighted by atomic mass is 16.5. The van der Waals surface area contributed by atoms with Crippen LogP contribution in [0.2, 0.25) is 0 Å². The van der Waals surface area contributed by atoms with Crippen molar-refractivity contribution in [2.45, 2.75) is 45.6 Å². The van der Waals surface area contributed by atoms with Crippen LogP contribution in [0.15, 0.2) is 59.5 Å². The van der Waals surface area contributed by atoms with Crippen molar-refractivity contribution in [2.24, 2.45) is 0 Å². The highest BCUT2D eigenvalue weighted by molar-refractivity contribution is 5.73. The second kappa shape index (κ2) is 7.07. The van der Waals surface area contributed by atoms with Crippen LogP contribution in [0.1, 0.15) is 41.5 Å². The van der Waals surface area contributed by atoms with Crippen molar-refractivity contribution >= 4 is 0 Å². The lowest BCUT2D eigenvalue weighted by molar-refractivity contribution is 0.146. The molecule has 0 saturated heterocycles. The number of hydrogen-bond acceptors (Lipinski definition) is 2. The highest BCUT2D eigenvalue weighted by Gasteiger charge is 2.32. The van der Waals surface area contributed by atoms with Crippen LogP contribution in [0.5, 0.6) is 5.75 Å². The van der Waals surface area contributed by atoms with Crippen molar-refractivity contribution < 1.29 is 4.74 Å². The van der Waals surface area contributed by atoms with Gasteiger partial charge in [0.05, 0.1) is 5.56 Å². The molecular formula is C24H25NO2. The first kappa shape index (κ1) is 17.6. The van der Waals surface area contributed by atoms with E-state index in [9.17, 15) is 4.79 Å². The average Bonchev–Trinajstić information content (AvgIpc) is 2.67. The normalized spacial score (nSPS) is 18.6. The molecule has 0 bridgehead atoms. The first-order chi connectivity index (χ1) is 13.1. The summed E-state index contributed by atoms with van der Waals surface area (Å²) in [6, 6.07) is 16.8. The highest BCUT2D eigenvalue weighted by Crippen LogP contribution is 2.43. The summed E-state index contributed by atoms with van der Waals surface area (Å²) in [6.07, 6.45) is 3.62. The van der Waals surface area contributed by atoms with E-state index in [1.54, 1.807) is 6.20 Å². The number of aromatic amines is 1. The monoisotopic (exact) mass is 359 g/mol. The lowest BCUT2D eigenvalue weighted by atomic mass is 9.82. The summed E-state index contributed by atoms with van der Waals surface area (Å²) in [7, 11) is 0. The Morgan fingerprint density at radius 3 is 2.52 bits per heavy atom. The Morgan fingerprint density at radius 1 is 1.04 bits per heavy atom. The Labute approximate surface area is 160 Å². The minimum atomic E-state index is -0.0809. The Balaban J connectivity index is 1.82. The molecule has 1 aliphatic heterocycles. The lowest BCUT2D eigenvalue weighted by Gasteiger charge is -2.35. The summed E-state index contributed by atoms with van der Waals surface area (Å²) in [5.41, 5.74) is 6.40. The zero-order chi connectivity index (χ0) is 19.0. The molecule has 1 aromatic heterocycles. The molecular weight excluding hydrogens is 334 g/mol. The molecule has 2 unspecified atom stereocenters. The van der Waals surface area contributed by atoms with Crippen molar-refractivity contribution in [3.05, 3.63) is 87.3 Å².